The van der Waals surface area contributed by atoms with Gasteiger partial charge >= 0.3 is 18.2 Å². The van der Waals surface area contributed by atoms with Crippen LogP contribution in [-0.2, 0) is 38.6 Å². The summed E-state index contributed by atoms with van der Waals surface area (Å²) in [6.45, 7) is 12.4. The van der Waals surface area contributed by atoms with Gasteiger partial charge in [-0.2, -0.15) is 0 Å². The highest BCUT2D eigenvalue weighted by Gasteiger charge is 2.29. The van der Waals surface area contributed by atoms with Crippen LogP contribution in [0, 0.1) is 5.41 Å². The van der Waals surface area contributed by atoms with Crippen LogP contribution in [0.15, 0.2) is 25.3 Å². The van der Waals surface area contributed by atoms with Gasteiger partial charge in [-0.05, 0) is 20.3 Å². The predicted molar refractivity (Wildman–Crippen MR) is 117 cm³/mol. The molecule has 0 rings (SSSR count). The molecule has 0 radical (unpaired) electrons. The average Bonchev–Trinajstić information content (AvgIpc) is 2.79. The van der Waals surface area contributed by atoms with Crippen LogP contribution >= 0.6 is 0 Å². The molecule has 0 spiro atoms. The molecule has 190 valence electrons. The van der Waals surface area contributed by atoms with Crippen molar-refractivity contribution in [3.05, 3.63) is 25.3 Å². The molecule has 12 nitrogen and oxygen atoms in total. The Labute approximate surface area is 194 Å². The molecule has 0 aliphatic rings. The van der Waals surface area contributed by atoms with Crippen LogP contribution in [0.5, 0.6) is 0 Å². The highest BCUT2D eigenvalue weighted by Crippen LogP contribution is 2.21. The lowest BCUT2D eigenvalue weighted by atomic mass is 9.91. The van der Waals surface area contributed by atoms with Gasteiger partial charge in [-0.25, -0.2) is 29.1 Å². The Morgan fingerprint density at radius 3 is 1.88 bits per heavy atom. The van der Waals surface area contributed by atoms with E-state index in [1.54, 1.807) is 13.8 Å². The van der Waals surface area contributed by atoms with E-state index in [0.29, 0.717) is 6.42 Å². The monoisotopic (exact) mass is 476 g/mol. The van der Waals surface area contributed by atoms with E-state index in [-0.39, 0.29) is 52.7 Å². The fourth-order valence-electron chi connectivity index (χ4n) is 1.74. The van der Waals surface area contributed by atoms with Gasteiger partial charge in [0.2, 0.25) is 0 Å². The van der Waals surface area contributed by atoms with Crippen LogP contribution in [0.2, 0.25) is 0 Å². The molecule has 0 aromatic rings. The van der Waals surface area contributed by atoms with Crippen molar-refractivity contribution in [1.82, 2.24) is 10.6 Å². The standard InChI is InChI=1S/C21H36N2O10/c1-6-11-29-31-13-9-22-19(25)28-16-17(15-27-18(24)21(4,5)8-3)33-20(26)23-10-14-32-30-12-7-2/h6-7,17H,1-2,8-16H2,3-5H3,(H,22,25)(H,23,26). The molecule has 0 aromatic heterocycles. The Morgan fingerprint density at radius 1 is 0.848 bits per heavy atom. The van der Waals surface area contributed by atoms with Gasteiger partial charge < -0.3 is 24.8 Å². The third kappa shape index (κ3) is 16.6. The van der Waals surface area contributed by atoms with Gasteiger partial charge in [0.15, 0.2) is 6.10 Å². The maximum absolute atomic E-state index is 12.2. The first-order valence-electron chi connectivity index (χ1n) is 10.5. The summed E-state index contributed by atoms with van der Waals surface area (Å²) in [5.41, 5.74) is -0.707. The Kier molecular flexibility index (Phi) is 17.3. The molecule has 0 fully saturated rings. The summed E-state index contributed by atoms with van der Waals surface area (Å²) >= 11 is 0. The van der Waals surface area contributed by atoms with E-state index in [2.05, 4.69) is 23.8 Å². The maximum atomic E-state index is 12.2. The molecule has 0 aromatic carbocycles. The van der Waals surface area contributed by atoms with Crippen molar-refractivity contribution in [1.29, 1.82) is 0 Å². The largest absolute Gasteiger partial charge is 0.461 e. The molecule has 0 saturated heterocycles. The number of rotatable bonds is 19. The molecule has 2 N–H and O–H groups in total. The smallest absolute Gasteiger partial charge is 0.407 e. The van der Waals surface area contributed by atoms with Crippen LogP contribution in [0.25, 0.3) is 0 Å². The van der Waals surface area contributed by atoms with Gasteiger partial charge in [0.1, 0.15) is 26.4 Å². The molecular formula is C21H36N2O10. The second kappa shape index (κ2) is 18.9. The molecule has 12 heteroatoms. The normalized spacial score (nSPS) is 11.7. The molecule has 0 aliphatic heterocycles. The van der Waals surface area contributed by atoms with Gasteiger partial charge in [-0.1, -0.05) is 19.1 Å². The van der Waals surface area contributed by atoms with Crippen molar-refractivity contribution in [3.63, 3.8) is 0 Å². The van der Waals surface area contributed by atoms with Crippen molar-refractivity contribution in [2.45, 2.75) is 33.3 Å². The maximum Gasteiger partial charge on any atom is 0.407 e. The molecule has 1 atom stereocenters. The lowest BCUT2D eigenvalue weighted by Crippen LogP contribution is -2.39. The third-order valence-electron chi connectivity index (χ3n) is 3.96. The first-order chi connectivity index (χ1) is 15.8. The molecular weight excluding hydrogens is 440 g/mol. The second-order valence-corrected chi connectivity index (χ2v) is 7.11. The molecule has 33 heavy (non-hydrogen) atoms. The van der Waals surface area contributed by atoms with Crippen molar-refractivity contribution >= 4 is 18.2 Å². The van der Waals surface area contributed by atoms with Gasteiger partial charge in [-0.15, -0.1) is 13.2 Å². The zero-order valence-corrected chi connectivity index (χ0v) is 19.6. The number of nitrogens with one attached hydrogen (secondary N) is 2. The van der Waals surface area contributed by atoms with Crippen molar-refractivity contribution in [3.8, 4) is 0 Å². The number of carbonyl (C=O) groups is 3. The minimum absolute atomic E-state index is 0.0742. The second-order valence-electron chi connectivity index (χ2n) is 7.11. The van der Waals surface area contributed by atoms with Gasteiger partial charge in [0.25, 0.3) is 0 Å². The summed E-state index contributed by atoms with van der Waals surface area (Å²) in [7, 11) is 0. The molecule has 0 aliphatic carbocycles. The molecule has 2 amide bonds. The predicted octanol–water partition coefficient (Wildman–Crippen LogP) is 2.06. The van der Waals surface area contributed by atoms with E-state index < -0.39 is 29.7 Å². The number of hydrogen-bond donors (Lipinski definition) is 2. The van der Waals surface area contributed by atoms with E-state index in [1.807, 2.05) is 6.92 Å². The topological polar surface area (TPSA) is 140 Å². The highest BCUT2D eigenvalue weighted by atomic mass is 17.2. The SMILES string of the molecule is C=CCOOCCNC(=O)OCC(COC(=O)C(C)(C)CC)OC(=O)NCCOOCC=C. The number of ether oxygens (including phenoxy) is 3. The van der Waals surface area contributed by atoms with Crippen LogP contribution < -0.4 is 10.6 Å². The fraction of sp³-hybridized carbons (Fsp3) is 0.667. The number of hydrogen-bond acceptors (Lipinski definition) is 10. The third-order valence-corrected chi connectivity index (χ3v) is 3.96. The van der Waals surface area contributed by atoms with Crippen molar-refractivity contribution < 1.29 is 48.1 Å². The summed E-state index contributed by atoms with van der Waals surface area (Å²) in [6, 6.07) is 0. The van der Waals surface area contributed by atoms with Crippen LogP contribution in [0.4, 0.5) is 9.59 Å². The molecule has 0 bridgehead atoms. The average molecular weight is 477 g/mol. The van der Waals surface area contributed by atoms with E-state index in [4.69, 9.17) is 33.8 Å². The summed E-state index contributed by atoms with van der Waals surface area (Å²) < 4.78 is 15.5. The molecule has 0 saturated carbocycles. The van der Waals surface area contributed by atoms with Gasteiger partial charge in [0, 0.05) is 13.1 Å². The minimum Gasteiger partial charge on any atom is -0.461 e. The van der Waals surface area contributed by atoms with E-state index in [9.17, 15) is 14.4 Å². The van der Waals surface area contributed by atoms with Gasteiger partial charge in [0.05, 0.1) is 18.6 Å². The van der Waals surface area contributed by atoms with Crippen molar-refractivity contribution in [2.24, 2.45) is 5.41 Å². The lowest BCUT2D eigenvalue weighted by molar-refractivity contribution is -0.284. The zero-order chi connectivity index (χ0) is 25.0. The first kappa shape index (κ1) is 30.3. The van der Waals surface area contributed by atoms with Crippen molar-refractivity contribution in [2.75, 3.05) is 52.7 Å². The fourth-order valence-corrected chi connectivity index (χ4v) is 1.74. The highest BCUT2D eigenvalue weighted by molar-refractivity contribution is 5.75. The first-order valence-corrected chi connectivity index (χ1v) is 10.5. The van der Waals surface area contributed by atoms with E-state index >= 15 is 0 Å². The number of esters is 1. The number of alkyl carbamates (subject to hydrolysis) is 2. The Morgan fingerprint density at radius 2 is 1.36 bits per heavy atom. The summed E-state index contributed by atoms with van der Waals surface area (Å²) in [6.07, 6.45) is 0.962. The Hall–Kier alpha value is -2.67. The summed E-state index contributed by atoms with van der Waals surface area (Å²) in [5, 5.41) is 4.87. The van der Waals surface area contributed by atoms with Gasteiger partial charge in [-0.3, -0.25) is 4.79 Å². The quantitative estimate of drug-likeness (QED) is 0.0711. The van der Waals surface area contributed by atoms with Crippen LogP contribution in [0.3, 0.4) is 0 Å². The Bertz CT molecular complexity index is 598. The van der Waals surface area contributed by atoms with Crippen LogP contribution in [-0.4, -0.2) is 77.0 Å². The molecule has 1 unspecified atom stereocenters. The number of amides is 2. The zero-order valence-electron chi connectivity index (χ0n) is 19.6. The minimum atomic E-state index is -1.03. The van der Waals surface area contributed by atoms with E-state index in [1.165, 1.54) is 12.2 Å². The lowest BCUT2D eigenvalue weighted by Gasteiger charge is -2.23. The molecule has 0 heterocycles. The van der Waals surface area contributed by atoms with E-state index in [0.717, 1.165) is 0 Å². The van der Waals surface area contributed by atoms with Crippen LogP contribution in [0.1, 0.15) is 27.2 Å². The summed E-state index contributed by atoms with van der Waals surface area (Å²) in [5.74, 6) is -0.465. The Balaban J connectivity index is 4.51. The number of carbonyl (C=O) groups excluding carboxylic acids is 3. The summed E-state index contributed by atoms with van der Waals surface area (Å²) in [4.78, 5) is 55.0.